The molecule has 0 radical (unpaired) electrons. The number of hydrogen-bond donors (Lipinski definition) is 2. The largest absolute Gasteiger partial charge is 0.416 e. The Morgan fingerprint density at radius 2 is 1.14 bits per heavy atom. The lowest BCUT2D eigenvalue weighted by atomic mass is 10.1. The number of anilines is 4. The van der Waals surface area contributed by atoms with Crippen LogP contribution in [0.4, 0.5) is 55.3 Å². The Kier molecular flexibility index (Phi) is 12.9. The van der Waals surface area contributed by atoms with Crippen LogP contribution >= 0.6 is 25.3 Å². The van der Waals surface area contributed by atoms with Crippen LogP contribution in [0.2, 0.25) is 0 Å². The smallest absolute Gasteiger partial charge is 0.355 e. The van der Waals surface area contributed by atoms with Crippen molar-refractivity contribution in [1.29, 1.82) is 0 Å². The predicted molar refractivity (Wildman–Crippen MR) is 229 cm³/mol. The molecule has 6 aromatic rings. The maximum absolute atomic E-state index is 12.9. The topological polar surface area (TPSA) is 76.8 Å². The van der Waals surface area contributed by atoms with Crippen LogP contribution in [-0.4, -0.2) is 44.8 Å². The molecule has 0 unspecified atom stereocenters. The van der Waals surface area contributed by atoms with Crippen LogP contribution in [0.15, 0.2) is 115 Å². The summed E-state index contributed by atoms with van der Waals surface area (Å²) in [5.41, 5.74) is 4.47. The zero-order valence-electron chi connectivity index (χ0n) is 33.2. The van der Waals surface area contributed by atoms with Gasteiger partial charge in [0.2, 0.25) is 0 Å². The molecule has 0 bridgehead atoms. The number of alkyl halides is 3. The minimum absolute atomic E-state index is 0.116. The molecule has 1 aliphatic rings. The van der Waals surface area contributed by atoms with Crippen molar-refractivity contribution in [2.75, 3.05) is 36.3 Å². The van der Waals surface area contributed by atoms with Crippen LogP contribution in [0.25, 0.3) is 22.5 Å². The maximum atomic E-state index is 12.9. The van der Waals surface area contributed by atoms with Crippen molar-refractivity contribution < 1.29 is 37.2 Å². The van der Waals surface area contributed by atoms with E-state index in [4.69, 9.17) is 0 Å². The molecule has 0 aliphatic carbocycles. The molecule has 7 rings (SSSR count). The Bertz CT molecular complexity index is 2420. The van der Waals surface area contributed by atoms with E-state index in [1.807, 2.05) is 37.7 Å². The molecule has 4 aromatic carbocycles. The maximum Gasteiger partial charge on any atom is 0.416 e. The summed E-state index contributed by atoms with van der Waals surface area (Å²) >= 11 is 0. The van der Waals surface area contributed by atoms with Gasteiger partial charge in [0.15, 0.2) is 0 Å². The van der Waals surface area contributed by atoms with Gasteiger partial charge in [0.05, 0.1) is 29.6 Å². The van der Waals surface area contributed by atoms with Gasteiger partial charge in [-0.2, -0.15) is 13.2 Å². The number of nitrogens with one attached hydrogen (secondary N) is 2. The summed E-state index contributed by atoms with van der Waals surface area (Å²) in [5.74, 6) is 0. The molecule has 0 amide bonds. The highest BCUT2D eigenvalue weighted by Gasteiger charge is 2.65. The summed E-state index contributed by atoms with van der Waals surface area (Å²) in [4.78, 5) is 6.80. The van der Waals surface area contributed by atoms with Crippen LogP contribution in [0, 0.1) is 0 Å². The first kappa shape index (κ1) is 45.4. The number of halogens is 8. The molecule has 0 spiro atoms. The summed E-state index contributed by atoms with van der Waals surface area (Å²) in [6, 6.07) is 19.1. The summed E-state index contributed by atoms with van der Waals surface area (Å²) in [5, 5.41) is 8.17. The van der Waals surface area contributed by atoms with Crippen molar-refractivity contribution in [3.8, 4) is 22.5 Å². The zero-order valence-corrected chi connectivity index (χ0v) is 35.8. The van der Waals surface area contributed by atoms with E-state index in [0.29, 0.717) is 40.1 Å². The summed E-state index contributed by atoms with van der Waals surface area (Å²) < 4.78 is 119. The first-order valence-electron chi connectivity index (χ1n) is 18.5. The van der Waals surface area contributed by atoms with Gasteiger partial charge in [0.25, 0.3) is 0 Å². The van der Waals surface area contributed by atoms with Crippen LogP contribution in [0.3, 0.4) is 0 Å². The minimum atomic E-state index is -9.72. The van der Waals surface area contributed by atoms with E-state index in [1.165, 1.54) is 42.6 Å². The summed E-state index contributed by atoms with van der Waals surface area (Å²) in [6.45, 7) is 7.24. The Morgan fingerprint density at radius 3 is 1.56 bits per heavy atom. The number of hydrogen-bond acceptors (Lipinski definition) is 5. The first-order chi connectivity index (χ1) is 27.4. The number of aromatic nitrogens is 4. The van der Waals surface area contributed by atoms with Gasteiger partial charge in [-0.25, -0.2) is 9.97 Å². The molecular formula is C41H46F8N6OP2S. The molecule has 1 aliphatic heterocycles. The Hall–Kier alpha value is -4.65. The monoisotopic (exact) mass is 884 g/mol. The van der Waals surface area contributed by atoms with Gasteiger partial charge in [-0.1, -0.05) is 47.3 Å². The van der Waals surface area contributed by atoms with E-state index < -0.39 is 34.0 Å². The van der Waals surface area contributed by atoms with Crippen molar-refractivity contribution in [3.63, 3.8) is 0 Å². The molecule has 1 saturated heterocycles. The highest BCUT2D eigenvalue weighted by Crippen LogP contribution is 3.02. The van der Waals surface area contributed by atoms with Gasteiger partial charge < -0.3 is 24.3 Å². The third kappa shape index (κ3) is 12.0. The number of nitrogens with zero attached hydrogens (tertiary/aromatic N) is 4. The van der Waals surface area contributed by atoms with Crippen LogP contribution < -0.4 is 21.2 Å². The second kappa shape index (κ2) is 16.8. The molecule has 59 heavy (non-hydrogen) atoms. The van der Waals surface area contributed by atoms with E-state index in [0.717, 1.165) is 41.2 Å². The fourth-order valence-corrected chi connectivity index (χ4v) is 10.2. The summed E-state index contributed by atoms with van der Waals surface area (Å²) in [7, 11) is -8.71. The fourth-order valence-electron chi connectivity index (χ4n) is 6.17. The second-order valence-electron chi connectivity index (χ2n) is 14.2. The highest BCUT2D eigenvalue weighted by atomic mass is 32.5. The number of benzene rings is 4. The second-order valence-corrected chi connectivity index (χ2v) is 22.3. The third-order valence-corrected chi connectivity index (χ3v) is 14.5. The van der Waals surface area contributed by atoms with Gasteiger partial charge in [0.1, 0.15) is 12.0 Å². The lowest BCUT2D eigenvalue weighted by Crippen LogP contribution is -2.06. The minimum Gasteiger partial charge on any atom is -0.355 e. The predicted octanol–water partition coefficient (Wildman–Crippen LogP) is 13.5. The quantitative estimate of drug-likeness (QED) is 0.112. The molecule has 3 heterocycles. The number of imidazole rings is 2. The van der Waals surface area contributed by atoms with E-state index >= 15 is 0 Å². The van der Waals surface area contributed by atoms with Gasteiger partial charge in [-0.05, 0) is 123 Å². The van der Waals surface area contributed by atoms with Gasteiger partial charge >= 0.3 is 16.4 Å². The van der Waals surface area contributed by atoms with E-state index in [9.17, 15) is 37.2 Å². The Labute approximate surface area is 340 Å². The SMILES string of the molecule is CC.Cn1cnc(-c2cc(P(C)(C)=O)ccc2Nc2ccc(S(F)(F)(F)(F)F)cc2)c1.Cn1cnc(-c2cc(P3CCCC3)ccc2Nc2ccc(C(F)(F)F)cc2)c1. The third-order valence-electron chi connectivity index (χ3n) is 9.13. The molecule has 18 heteroatoms. The lowest BCUT2D eigenvalue weighted by Gasteiger charge is -2.40. The lowest BCUT2D eigenvalue weighted by molar-refractivity contribution is -0.137. The average molecular weight is 885 g/mol. The van der Waals surface area contributed by atoms with Crippen LogP contribution in [0.5, 0.6) is 0 Å². The Balaban J connectivity index is 0.000000215. The van der Waals surface area contributed by atoms with Crippen LogP contribution in [0.1, 0.15) is 32.3 Å². The van der Waals surface area contributed by atoms with E-state index in [2.05, 4.69) is 32.7 Å². The molecule has 318 valence electrons. The standard InChI is InChI=1S/C21H21F3N3P.C18H19F5N3OPS.C2H6/c1-27-13-20(25-14-27)18-12-17(28-10-2-3-11-28)8-9-19(18)26-16-6-4-15(5-7-16)21(22,23)24;1-26-11-18(24-12-26)16-10-14(28(2,3)27)6-9-17(16)25-13-4-7-15(8-5-13)29(19,20,21,22)23;1-2/h4-9,12-14,26H,2-3,10-11H2,1H3;4-12,25H,1-3H3;1-2H3. The van der Waals surface area contributed by atoms with E-state index in [1.54, 1.807) is 62.0 Å². The van der Waals surface area contributed by atoms with Crippen molar-refractivity contribution in [3.05, 3.63) is 116 Å². The normalized spacial score (nSPS) is 14.6. The molecule has 0 atom stereocenters. The van der Waals surface area contributed by atoms with Crippen molar-refractivity contribution in [1.82, 2.24) is 19.1 Å². The summed E-state index contributed by atoms with van der Waals surface area (Å²) in [6.07, 6.45) is 7.80. The van der Waals surface area contributed by atoms with Gasteiger partial charge in [-0.3, -0.25) is 0 Å². The molecule has 7 nitrogen and oxygen atoms in total. The fraction of sp³-hybridized carbons (Fsp3) is 0.268. The molecule has 2 aromatic heterocycles. The molecule has 0 saturated carbocycles. The molecule has 1 fully saturated rings. The first-order valence-corrected chi connectivity index (χ1v) is 24.8. The van der Waals surface area contributed by atoms with Crippen molar-refractivity contribution >= 4 is 58.6 Å². The highest BCUT2D eigenvalue weighted by molar-refractivity contribution is 8.45. The average Bonchev–Trinajstić information content (AvgIpc) is 3.95. The Morgan fingerprint density at radius 1 is 0.678 bits per heavy atom. The molecular weight excluding hydrogens is 838 g/mol. The zero-order chi connectivity index (χ0) is 43.5. The van der Waals surface area contributed by atoms with Gasteiger partial charge in [0, 0.05) is 65.7 Å². The molecule has 2 N–H and O–H groups in total. The number of aryl methyl sites for hydroxylation is 2. The van der Waals surface area contributed by atoms with Gasteiger partial charge in [-0.15, -0.1) is 0 Å². The van der Waals surface area contributed by atoms with E-state index in [-0.39, 0.29) is 13.6 Å². The van der Waals surface area contributed by atoms with Crippen LogP contribution in [-0.2, 0) is 24.8 Å². The van der Waals surface area contributed by atoms with Crippen molar-refractivity contribution in [2.45, 2.75) is 37.8 Å². The number of rotatable bonds is 9. The van der Waals surface area contributed by atoms with Crippen molar-refractivity contribution in [2.24, 2.45) is 14.1 Å².